The molecule has 428 valence electrons. The van der Waals surface area contributed by atoms with Gasteiger partial charge in [-0.05, 0) is 206 Å². The highest BCUT2D eigenvalue weighted by molar-refractivity contribution is 6.76. The van der Waals surface area contributed by atoms with Crippen LogP contribution in [0.15, 0.2) is 130 Å². The molecule has 6 saturated carbocycles. The van der Waals surface area contributed by atoms with Gasteiger partial charge in [0, 0.05) is 72.8 Å². The van der Waals surface area contributed by atoms with Crippen LogP contribution in [-0.4, -0.2) is 82.7 Å². The molecule has 14 nitrogen and oxygen atoms in total. The number of hydrogen-bond acceptors (Lipinski definition) is 9. The van der Waals surface area contributed by atoms with Crippen LogP contribution < -0.4 is 32.3 Å². The number of halogens is 2. The minimum Gasteiger partial charge on any atom is -0.455 e. The van der Waals surface area contributed by atoms with Crippen molar-refractivity contribution in [2.45, 2.75) is 88.1 Å². The zero-order chi connectivity index (χ0) is 58.4. The highest BCUT2D eigenvalue weighted by Crippen LogP contribution is 2.58. The van der Waals surface area contributed by atoms with Gasteiger partial charge in [-0.25, -0.2) is 13.6 Å². The Morgan fingerprint density at radius 3 is 1.40 bits per heavy atom. The number of rotatable bonds is 18. The summed E-state index contributed by atoms with van der Waals surface area (Å²) in [6, 6.07) is 35.2. The smallest absolute Gasteiger partial charge is 0.407 e. The number of furan rings is 2. The van der Waals surface area contributed by atoms with Gasteiger partial charge < -0.3 is 45.9 Å². The standard InChI is InChI=1S/C36H40FN3O5Si.C30H28FN3O3/c1-38-34(42)31-29-18-28(24-6-5-7-26(16-24)33(41)40-36-19-22(20-36)21-36)25(12-13-39-35(43)44-14-15-46(2,3)4)17-30(29)45-32(31)23-8-10-27(37)11-9-23;1-33-29(36)26-24-13-23(19-3-2-4-21(11-19)28(35)34-30-14-17(15-30)16-30)20(9-10-32)12-25(24)37-27(26)18-5-7-22(31)8-6-18/h5-11,16-18,22H,12-15,19-21H2,1-4H3,(H,38,42)(H,39,43)(H,40,41);2-8,11-13,17H,9-10,14-16,32H2,1H3,(H,33,36)(H,34,35). The molecule has 5 amide bonds. The number of hydrogen-bond donors (Lipinski definition) is 6. The quantitative estimate of drug-likeness (QED) is 0.0451. The Morgan fingerprint density at radius 2 is 1.01 bits per heavy atom. The molecule has 2 aromatic heterocycles. The van der Waals surface area contributed by atoms with E-state index in [4.69, 9.17) is 19.3 Å². The van der Waals surface area contributed by atoms with Crippen molar-refractivity contribution >= 4 is 59.7 Å². The average molecular weight is 1140 g/mol. The summed E-state index contributed by atoms with van der Waals surface area (Å²) in [5, 5.41) is 15.9. The van der Waals surface area contributed by atoms with Crippen molar-refractivity contribution < 1.29 is 46.3 Å². The normalized spacial score (nSPS) is 18.9. The number of ether oxygens (including phenoxy) is 1. The van der Waals surface area contributed by atoms with Crippen LogP contribution >= 0.6 is 0 Å². The summed E-state index contributed by atoms with van der Waals surface area (Å²) >= 11 is 0. The van der Waals surface area contributed by atoms with Gasteiger partial charge in [-0.2, -0.15) is 0 Å². The topological polar surface area (TPSA) is 207 Å². The lowest BCUT2D eigenvalue weighted by molar-refractivity contribution is -0.0442. The fraction of sp³-hybridized carbons (Fsp3) is 0.318. The maximum absolute atomic E-state index is 13.8. The lowest BCUT2D eigenvalue weighted by Crippen LogP contribution is -2.68. The average Bonchev–Trinajstić information content (AvgIpc) is 2.11. The number of carbonyl (C=O) groups excluding carboxylic acids is 5. The molecule has 83 heavy (non-hydrogen) atoms. The summed E-state index contributed by atoms with van der Waals surface area (Å²) in [6.07, 6.45) is 6.94. The molecule has 4 bridgehead atoms. The van der Waals surface area contributed by atoms with Gasteiger partial charge in [0.2, 0.25) is 0 Å². The van der Waals surface area contributed by atoms with Crippen LogP contribution in [0.3, 0.4) is 0 Å². The van der Waals surface area contributed by atoms with Crippen LogP contribution in [0.1, 0.15) is 91.1 Å². The Morgan fingerprint density at radius 1 is 0.578 bits per heavy atom. The minimum absolute atomic E-state index is 0.00264. The Labute approximate surface area is 481 Å². The van der Waals surface area contributed by atoms with Crippen LogP contribution in [0.25, 0.3) is 66.8 Å². The third-order valence-corrected chi connectivity index (χ3v) is 18.5. The van der Waals surface area contributed by atoms with Gasteiger partial charge in [0.05, 0.1) is 17.7 Å². The first-order valence-corrected chi connectivity index (χ1v) is 32.2. The number of amides is 5. The lowest BCUT2D eigenvalue weighted by atomic mass is 9.50. The third kappa shape index (κ3) is 11.7. The van der Waals surface area contributed by atoms with Crippen molar-refractivity contribution in [1.82, 2.24) is 26.6 Å². The second-order valence-corrected chi connectivity index (χ2v) is 29.7. The highest BCUT2D eigenvalue weighted by atomic mass is 28.3. The first-order valence-electron chi connectivity index (χ1n) is 28.4. The fourth-order valence-electron chi connectivity index (χ4n) is 12.1. The minimum atomic E-state index is -1.33. The monoisotopic (exact) mass is 1140 g/mol. The number of benzene rings is 6. The summed E-state index contributed by atoms with van der Waals surface area (Å²) in [7, 11) is 1.78. The van der Waals surface area contributed by atoms with Gasteiger partial charge in [-0.1, -0.05) is 43.9 Å². The maximum Gasteiger partial charge on any atom is 0.407 e. The molecule has 6 aromatic carbocycles. The van der Waals surface area contributed by atoms with Gasteiger partial charge in [-0.15, -0.1) is 0 Å². The van der Waals surface area contributed by atoms with Gasteiger partial charge in [0.15, 0.2) is 0 Å². The molecule has 8 aromatic rings. The van der Waals surface area contributed by atoms with E-state index in [1.54, 1.807) is 44.4 Å². The van der Waals surface area contributed by atoms with Crippen LogP contribution in [-0.2, 0) is 17.6 Å². The molecule has 0 saturated heterocycles. The Kier molecular flexibility index (Phi) is 15.5. The zero-order valence-corrected chi connectivity index (χ0v) is 48.3. The molecule has 6 aliphatic carbocycles. The molecule has 0 aliphatic heterocycles. The number of nitrogens with two attached hydrogens (primary N) is 1. The van der Waals surface area contributed by atoms with Crippen LogP contribution in [0.2, 0.25) is 25.7 Å². The van der Waals surface area contributed by atoms with E-state index in [0.717, 1.165) is 89.8 Å². The largest absolute Gasteiger partial charge is 0.455 e. The predicted octanol–water partition coefficient (Wildman–Crippen LogP) is 12.2. The molecule has 6 fully saturated rings. The first-order chi connectivity index (χ1) is 39.8. The number of alkyl carbamates (subject to hydrolysis) is 1. The fourth-order valence-corrected chi connectivity index (χ4v) is 12.8. The molecule has 7 N–H and O–H groups in total. The highest BCUT2D eigenvalue weighted by Gasteiger charge is 2.58. The molecular formula is C66H68F2N6O8Si. The van der Waals surface area contributed by atoms with Crippen molar-refractivity contribution in [2.75, 3.05) is 33.8 Å². The van der Waals surface area contributed by atoms with Gasteiger partial charge >= 0.3 is 6.09 Å². The molecule has 6 aliphatic rings. The number of nitrogens with one attached hydrogen (secondary N) is 5. The zero-order valence-electron chi connectivity index (χ0n) is 47.3. The molecule has 14 rings (SSSR count). The molecular weight excluding hydrogens is 1070 g/mol. The Bertz CT molecular complexity index is 3810. The van der Waals surface area contributed by atoms with Crippen molar-refractivity contribution in [3.63, 3.8) is 0 Å². The molecule has 17 heteroatoms. The van der Waals surface area contributed by atoms with E-state index in [-0.39, 0.29) is 40.5 Å². The number of carbonyl (C=O) groups is 5. The molecule has 0 unspecified atom stereocenters. The van der Waals surface area contributed by atoms with Crippen LogP contribution in [0, 0.1) is 23.5 Å². The predicted molar refractivity (Wildman–Crippen MR) is 320 cm³/mol. The van der Waals surface area contributed by atoms with Gasteiger partial charge in [0.1, 0.15) is 34.3 Å². The molecule has 0 spiro atoms. The maximum atomic E-state index is 13.8. The van der Waals surface area contributed by atoms with E-state index in [1.165, 1.54) is 24.3 Å². The summed E-state index contributed by atoms with van der Waals surface area (Å²) in [6.45, 7) is 7.80. The Balaban J connectivity index is 0.000000178. The van der Waals surface area contributed by atoms with E-state index in [2.05, 4.69) is 46.2 Å². The summed E-state index contributed by atoms with van der Waals surface area (Å²) in [5.74, 6) is 0.659. The Hall–Kier alpha value is -8.41. The van der Waals surface area contributed by atoms with Crippen molar-refractivity contribution in [3.05, 3.63) is 166 Å². The van der Waals surface area contributed by atoms with E-state index in [0.29, 0.717) is 99.4 Å². The van der Waals surface area contributed by atoms with E-state index < -0.39 is 20.0 Å². The van der Waals surface area contributed by atoms with Crippen LogP contribution in [0.4, 0.5) is 13.6 Å². The molecule has 0 atom stereocenters. The third-order valence-electron chi connectivity index (χ3n) is 16.8. The number of fused-ring (bicyclic) bond motifs is 2. The molecule has 2 heterocycles. The summed E-state index contributed by atoms with van der Waals surface area (Å²) < 4.78 is 45.2. The second-order valence-electron chi connectivity index (χ2n) is 24.0. The first kappa shape index (κ1) is 56.4. The van der Waals surface area contributed by atoms with E-state index >= 15 is 0 Å². The summed E-state index contributed by atoms with van der Waals surface area (Å²) in [5.41, 5.74) is 15.1. The van der Waals surface area contributed by atoms with Crippen molar-refractivity contribution in [2.24, 2.45) is 17.6 Å². The SMILES string of the molecule is CNC(=O)c1c(-c2ccc(F)cc2)oc2cc(CCN)c(-c3cccc(C(=O)NC45CC(C4)C5)c3)cc12.CNC(=O)c1c(-c2ccc(F)cc2)oc2cc(CCNC(=O)OCC[Si](C)(C)C)c(-c3cccc(C(=O)NC45CC(C4)C5)c3)cc12. The summed E-state index contributed by atoms with van der Waals surface area (Å²) in [4.78, 5) is 65.0. The van der Waals surface area contributed by atoms with E-state index in [9.17, 15) is 32.8 Å². The molecule has 0 radical (unpaired) electrons. The van der Waals surface area contributed by atoms with Gasteiger partial charge in [-0.3, -0.25) is 19.2 Å². The van der Waals surface area contributed by atoms with Crippen LogP contribution in [0.5, 0.6) is 0 Å². The van der Waals surface area contributed by atoms with Crippen molar-refractivity contribution in [1.29, 1.82) is 0 Å². The van der Waals surface area contributed by atoms with E-state index in [1.807, 2.05) is 66.7 Å². The van der Waals surface area contributed by atoms with Gasteiger partial charge in [0.25, 0.3) is 23.6 Å². The second kappa shape index (κ2) is 22.7. The lowest BCUT2D eigenvalue weighted by Gasteiger charge is -2.61. The van der Waals surface area contributed by atoms with Crippen molar-refractivity contribution in [3.8, 4) is 44.9 Å².